The molecule has 0 atom stereocenters. The van der Waals surface area contributed by atoms with E-state index in [0.717, 1.165) is 10.5 Å². The summed E-state index contributed by atoms with van der Waals surface area (Å²) >= 11 is 4.80. The average Bonchev–Trinajstić information content (AvgIpc) is 2.67. The summed E-state index contributed by atoms with van der Waals surface area (Å²) in [6.45, 7) is 10.7. The number of sulfonamides is 1. The summed E-state index contributed by atoms with van der Waals surface area (Å²) in [4.78, 5) is 1.32. The van der Waals surface area contributed by atoms with Crippen molar-refractivity contribution in [2.45, 2.75) is 38.3 Å². The Balaban J connectivity index is 2.98. The number of likely N-dealkylation sites (N-methyl/N-ethyl adjacent to an activating group) is 1. The number of nitrogens with one attached hydrogen (secondary N) is 1. The maximum Gasteiger partial charge on any atom is 0.245 e. The second-order valence-electron chi connectivity index (χ2n) is 5.10. The zero-order valence-electron chi connectivity index (χ0n) is 12.2. The van der Waals surface area contributed by atoms with Crippen LogP contribution in [-0.4, -0.2) is 32.4 Å². The van der Waals surface area contributed by atoms with Crippen LogP contribution in [0.3, 0.4) is 0 Å². The highest BCUT2D eigenvalue weighted by atomic mass is 79.9. The normalized spacial score (nSPS) is 12.3. The molecule has 1 heterocycles. The summed E-state index contributed by atoms with van der Waals surface area (Å²) in [7, 11) is -1.90. The Hall–Kier alpha value is -0.210. The molecule has 0 aromatic carbocycles. The summed E-state index contributed by atoms with van der Waals surface area (Å²) in [5.41, 5.74) is 0.809. The van der Waals surface area contributed by atoms with E-state index in [2.05, 4.69) is 41.7 Å². The van der Waals surface area contributed by atoms with E-state index in [0.29, 0.717) is 27.8 Å². The van der Waals surface area contributed by atoms with Crippen LogP contribution in [0, 0.1) is 0 Å². The molecule has 0 aliphatic heterocycles. The van der Waals surface area contributed by atoms with Gasteiger partial charge in [-0.3, -0.25) is 0 Å². The summed E-state index contributed by atoms with van der Waals surface area (Å²) in [6.07, 6.45) is 0. The third-order valence-electron chi connectivity index (χ3n) is 2.57. The number of hydrogen-bond acceptors (Lipinski definition) is 4. The van der Waals surface area contributed by atoms with Gasteiger partial charge in [0, 0.05) is 31.1 Å². The summed E-state index contributed by atoms with van der Waals surface area (Å²) in [6, 6.07) is 2.09. The van der Waals surface area contributed by atoms with Crippen molar-refractivity contribution in [2.24, 2.45) is 0 Å². The lowest BCUT2D eigenvalue weighted by atomic mass is 10.4. The number of hydrogen-bond donors (Lipinski definition) is 1. The second-order valence-corrected chi connectivity index (χ2v) is 9.57. The van der Waals surface area contributed by atoms with Crippen LogP contribution >= 0.6 is 27.3 Å². The first-order valence-electron chi connectivity index (χ1n) is 6.27. The largest absolute Gasteiger partial charge is 0.310 e. The molecule has 1 aromatic rings. The van der Waals surface area contributed by atoms with Crippen LogP contribution in [-0.2, 0) is 16.6 Å². The highest BCUT2D eigenvalue weighted by molar-refractivity contribution is 9.11. The Morgan fingerprint density at radius 3 is 2.65 bits per heavy atom. The molecule has 0 unspecified atom stereocenters. The molecule has 1 aromatic heterocycles. The maximum absolute atomic E-state index is 12.5. The minimum atomic E-state index is -3.47. The Kier molecular flexibility index (Phi) is 6.40. The number of nitrogens with zero attached hydrogens (tertiary/aromatic N) is 1. The molecule has 1 rings (SSSR count). The molecule has 0 aliphatic carbocycles. The van der Waals surface area contributed by atoms with Crippen molar-refractivity contribution >= 4 is 37.3 Å². The molecule has 20 heavy (non-hydrogen) atoms. The van der Waals surface area contributed by atoms with E-state index in [1.165, 1.54) is 15.6 Å². The molecule has 0 radical (unpaired) electrons. The van der Waals surface area contributed by atoms with Crippen molar-refractivity contribution in [3.8, 4) is 0 Å². The zero-order valence-corrected chi connectivity index (χ0v) is 15.5. The topological polar surface area (TPSA) is 49.4 Å². The maximum atomic E-state index is 12.5. The van der Waals surface area contributed by atoms with Gasteiger partial charge in [-0.05, 0) is 28.9 Å². The summed E-state index contributed by atoms with van der Waals surface area (Å²) in [5.74, 6) is 0. The molecule has 4 nitrogen and oxygen atoms in total. The van der Waals surface area contributed by atoms with Crippen molar-refractivity contribution in [3.63, 3.8) is 0 Å². The first-order chi connectivity index (χ1) is 9.14. The molecule has 7 heteroatoms. The summed E-state index contributed by atoms with van der Waals surface area (Å²) < 4.78 is 26.9. The smallest absolute Gasteiger partial charge is 0.245 e. The molecule has 0 aliphatic rings. The van der Waals surface area contributed by atoms with E-state index >= 15 is 0 Å². The number of thiophene rings is 1. The molecule has 0 fully saturated rings. The lowest BCUT2D eigenvalue weighted by Gasteiger charge is -2.16. The van der Waals surface area contributed by atoms with Gasteiger partial charge in [-0.2, -0.15) is 4.31 Å². The minimum absolute atomic E-state index is 0.324. The number of rotatable bonds is 7. The molecule has 0 amide bonds. The van der Waals surface area contributed by atoms with Gasteiger partial charge in [0.15, 0.2) is 0 Å². The zero-order chi connectivity index (χ0) is 15.5. The Morgan fingerprint density at radius 1 is 1.55 bits per heavy atom. The quantitative estimate of drug-likeness (QED) is 0.738. The Labute approximate surface area is 134 Å². The second kappa shape index (κ2) is 7.17. The van der Waals surface area contributed by atoms with E-state index in [-0.39, 0.29) is 0 Å². The first-order valence-corrected chi connectivity index (χ1v) is 9.32. The van der Waals surface area contributed by atoms with Crippen molar-refractivity contribution in [3.05, 3.63) is 26.9 Å². The van der Waals surface area contributed by atoms with Crippen LogP contribution < -0.4 is 5.32 Å². The molecule has 114 valence electrons. The fraction of sp³-hybridized carbons (Fsp3) is 0.538. The van der Waals surface area contributed by atoms with Crippen molar-refractivity contribution in [1.82, 2.24) is 9.62 Å². The predicted octanol–water partition coefficient (Wildman–Crippen LogP) is 3.21. The van der Waals surface area contributed by atoms with Gasteiger partial charge in [0.1, 0.15) is 4.90 Å². The predicted molar refractivity (Wildman–Crippen MR) is 88.6 cm³/mol. The van der Waals surface area contributed by atoms with Gasteiger partial charge in [0.2, 0.25) is 10.0 Å². The Morgan fingerprint density at radius 2 is 2.15 bits per heavy atom. The van der Waals surface area contributed by atoms with E-state index in [9.17, 15) is 8.42 Å². The van der Waals surface area contributed by atoms with E-state index in [1.807, 2.05) is 6.92 Å². The molecular formula is C13H21BrN2O2S2. The lowest BCUT2D eigenvalue weighted by molar-refractivity contribution is 0.493. The molecular weight excluding hydrogens is 360 g/mol. The first kappa shape index (κ1) is 17.8. The van der Waals surface area contributed by atoms with Gasteiger partial charge in [-0.1, -0.05) is 26.0 Å². The van der Waals surface area contributed by atoms with Crippen molar-refractivity contribution in [1.29, 1.82) is 0 Å². The average molecular weight is 381 g/mol. The van der Waals surface area contributed by atoms with Crippen LogP contribution in [0.25, 0.3) is 0 Å². The highest BCUT2D eigenvalue weighted by Gasteiger charge is 2.25. The van der Waals surface area contributed by atoms with Gasteiger partial charge in [0.05, 0.1) is 3.79 Å². The van der Waals surface area contributed by atoms with Gasteiger partial charge < -0.3 is 5.32 Å². The third-order valence-corrected chi connectivity index (χ3v) is 6.63. The molecule has 0 spiro atoms. The van der Waals surface area contributed by atoms with E-state index in [1.54, 1.807) is 13.1 Å². The van der Waals surface area contributed by atoms with Crippen LogP contribution in [0.5, 0.6) is 0 Å². The Bertz CT molecular complexity index is 579. The van der Waals surface area contributed by atoms with Gasteiger partial charge >= 0.3 is 0 Å². The minimum Gasteiger partial charge on any atom is -0.310 e. The van der Waals surface area contributed by atoms with Gasteiger partial charge in [0.25, 0.3) is 0 Å². The molecule has 1 N–H and O–H groups in total. The third kappa shape index (κ3) is 4.66. The highest BCUT2D eigenvalue weighted by Crippen LogP contribution is 2.33. The van der Waals surface area contributed by atoms with Gasteiger partial charge in [-0.25, -0.2) is 8.42 Å². The van der Waals surface area contributed by atoms with E-state index < -0.39 is 10.0 Å². The lowest BCUT2D eigenvalue weighted by Crippen LogP contribution is -2.28. The number of halogens is 1. The molecule has 0 saturated heterocycles. The monoisotopic (exact) mass is 380 g/mol. The van der Waals surface area contributed by atoms with Crippen LogP contribution in [0.2, 0.25) is 0 Å². The van der Waals surface area contributed by atoms with E-state index in [4.69, 9.17) is 0 Å². The summed E-state index contributed by atoms with van der Waals surface area (Å²) in [5, 5.41) is 3.28. The fourth-order valence-corrected chi connectivity index (χ4v) is 5.41. The standard InChI is InChI=1S/C13H21BrN2O2S2/c1-9(2)8-16(5)20(17,18)12-6-11(19-13(12)14)7-15-10(3)4/h6,10,15H,1,7-8H2,2-5H3. The fourth-order valence-electron chi connectivity index (χ4n) is 1.60. The van der Waals surface area contributed by atoms with Crippen LogP contribution in [0.1, 0.15) is 25.6 Å². The van der Waals surface area contributed by atoms with Gasteiger partial charge in [-0.15, -0.1) is 11.3 Å². The van der Waals surface area contributed by atoms with Crippen molar-refractivity contribution in [2.75, 3.05) is 13.6 Å². The van der Waals surface area contributed by atoms with Crippen molar-refractivity contribution < 1.29 is 8.42 Å². The van der Waals surface area contributed by atoms with Crippen LogP contribution in [0.15, 0.2) is 26.9 Å². The van der Waals surface area contributed by atoms with Crippen LogP contribution in [0.4, 0.5) is 0 Å². The molecule has 0 bridgehead atoms. The SMILES string of the molecule is C=C(C)CN(C)S(=O)(=O)c1cc(CNC(C)C)sc1Br. The molecule has 0 saturated carbocycles.